The van der Waals surface area contributed by atoms with Gasteiger partial charge in [0.25, 0.3) is 0 Å². The van der Waals surface area contributed by atoms with Gasteiger partial charge >= 0.3 is 0 Å². The highest BCUT2D eigenvalue weighted by atomic mass is 35.5. The Morgan fingerprint density at radius 1 is 1.35 bits per heavy atom. The molecular weight excluding hydrogens is 259 g/mol. The van der Waals surface area contributed by atoms with E-state index < -0.39 is 5.60 Å². The number of benzene rings is 1. The monoisotopic (exact) mass is 276 g/mol. The highest BCUT2D eigenvalue weighted by Crippen LogP contribution is 2.28. The highest BCUT2D eigenvalue weighted by molar-refractivity contribution is 6.36. The third kappa shape index (κ3) is 3.57. The first-order valence-electron chi connectivity index (χ1n) is 5.36. The molecule has 0 amide bonds. The normalized spacial score (nSPS) is 13.8. The summed E-state index contributed by atoms with van der Waals surface area (Å²) in [4.78, 5) is 0. The number of hydrazine groups is 1. The van der Waals surface area contributed by atoms with Gasteiger partial charge in [-0.2, -0.15) is 0 Å². The lowest BCUT2D eigenvalue weighted by Gasteiger charge is -2.33. The van der Waals surface area contributed by atoms with E-state index in [1.165, 1.54) is 0 Å². The van der Waals surface area contributed by atoms with Crippen LogP contribution in [0.1, 0.15) is 19.4 Å². The minimum Gasteiger partial charge on any atom is -0.377 e. The Morgan fingerprint density at radius 3 is 2.29 bits per heavy atom. The molecule has 17 heavy (non-hydrogen) atoms. The van der Waals surface area contributed by atoms with Gasteiger partial charge in [0.2, 0.25) is 0 Å². The maximum absolute atomic E-state index is 6.13. The second-order valence-corrected chi connectivity index (χ2v) is 5.25. The van der Waals surface area contributed by atoms with E-state index in [2.05, 4.69) is 5.43 Å². The largest absolute Gasteiger partial charge is 0.377 e. The molecule has 0 saturated carbocycles. The fourth-order valence-electron chi connectivity index (χ4n) is 1.58. The van der Waals surface area contributed by atoms with Crippen LogP contribution in [0.4, 0.5) is 0 Å². The number of hydrogen-bond donors (Lipinski definition) is 2. The Morgan fingerprint density at radius 2 is 1.88 bits per heavy atom. The molecule has 0 aromatic heterocycles. The first kappa shape index (κ1) is 14.7. The molecule has 1 unspecified atom stereocenters. The minimum atomic E-state index is -0.406. The van der Waals surface area contributed by atoms with Gasteiger partial charge in [-0.25, -0.2) is 0 Å². The Hall–Kier alpha value is -0.320. The summed E-state index contributed by atoms with van der Waals surface area (Å²) in [6.45, 7) is 3.92. The Bertz CT molecular complexity index is 363. The molecule has 0 heterocycles. The number of nitrogens with two attached hydrogens (primary N) is 1. The van der Waals surface area contributed by atoms with Crippen molar-refractivity contribution >= 4 is 23.2 Å². The topological polar surface area (TPSA) is 47.3 Å². The quantitative estimate of drug-likeness (QED) is 0.642. The molecule has 0 aliphatic heterocycles. The maximum atomic E-state index is 6.13. The van der Waals surface area contributed by atoms with Crippen molar-refractivity contribution in [3.63, 3.8) is 0 Å². The van der Waals surface area contributed by atoms with Gasteiger partial charge in [-0.3, -0.25) is 11.3 Å². The van der Waals surface area contributed by atoms with E-state index in [9.17, 15) is 0 Å². The van der Waals surface area contributed by atoms with Crippen molar-refractivity contribution in [1.29, 1.82) is 0 Å². The summed E-state index contributed by atoms with van der Waals surface area (Å²) < 4.78 is 5.41. The van der Waals surface area contributed by atoms with E-state index in [0.29, 0.717) is 16.5 Å². The second kappa shape index (κ2) is 6.03. The highest BCUT2D eigenvalue weighted by Gasteiger charge is 2.29. The summed E-state index contributed by atoms with van der Waals surface area (Å²) in [6.07, 6.45) is 0.607. The zero-order valence-electron chi connectivity index (χ0n) is 10.3. The van der Waals surface area contributed by atoms with E-state index in [1.807, 2.05) is 32.0 Å². The molecule has 0 spiro atoms. The van der Waals surface area contributed by atoms with Crippen LogP contribution in [0.2, 0.25) is 10.0 Å². The standard InChI is InChI=1S/C12H18Cl2N2O/c1-12(2,17-3)11(16-15)7-8-9(13)5-4-6-10(8)14/h4-6,11,16H,7,15H2,1-3H3. The van der Waals surface area contributed by atoms with E-state index >= 15 is 0 Å². The maximum Gasteiger partial charge on any atom is 0.0791 e. The predicted octanol–water partition coefficient (Wildman–Crippen LogP) is 2.79. The molecule has 1 aromatic rings. The molecule has 0 saturated heterocycles. The van der Waals surface area contributed by atoms with Gasteiger partial charge in [-0.05, 0) is 38.0 Å². The van der Waals surface area contributed by atoms with Crippen molar-refractivity contribution < 1.29 is 4.74 Å². The molecule has 0 bridgehead atoms. The fraction of sp³-hybridized carbons (Fsp3) is 0.500. The van der Waals surface area contributed by atoms with Gasteiger partial charge in [0.05, 0.1) is 11.6 Å². The zero-order valence-corrected chi connectivity index (χ0v) is 11.8. The zero-order chi connectivity index (χ0) is 13.1. The Labute approximate surface area is 112 Å². The molecule has 3 nitrogen and oxygen atoms in total. The number of nitrogens with one attached hydrogen (secondary N) is 1. The lowest BCUT2D eigenvalue weighted by Crippen LogP contribution is -2.52. The SMILES string of the molecule is COC(C)(C)C(Cc1c(Cl)cccc1Cl)NN. The third-order valence-corrected chi connectivity index (χ3v) is 3.74. The molecule has 0 aliphatic rings. The summed E-state index contributed by atoms with van der Waals surface area (Å²) in [7, 11) is 1.65. The van der Waals surface area contributed by atoms with Crippen LogP contribution >= 0.6 is 23.2 Å². The van der Waals surface area contributed by atoms with Gasteiger partial charge in [0, 0.05) is 17.2 Å². The van der Waals surface area contributed by atoms with Gasteiger partial charge in [-0.1, -0.05) is 29.3 Å². The number of halogens is 2. The van der Waals surface area contributed by atoms with Gasteiger partial charge < -0.3 is 4.74 Å². The van der Waals surface area contributed by atoms with Crippen molar-refractivity contribution in [2.24, 2.45) is 5.84 Å². The summed E-state index contributed by atoms with van der Waals surface area (Å²) in [5, 5.41) is 1.29. The smallest absolute Gasteiger partial charge is 0.0791 e. The summed E-state index contributed by atoms with van der Waals surface area (Å²) in [5.41, 5.74) is 3.23. The van der Waals surface area contributed by atoms with Crippen LogP contribution in [-0.4, -0.2) is 18.8 Å². The predicted molar refractivity (Wildman–Crippen MR) is 72.4 cm³/mol. The molecular formula is C12H18Cl2N2O. The number of rotatable bonds is 5. The van der Waals surface area contributed by atoms with E-state index in [4.69, 9.17) is 33.8 Å². The first-order valence-corrected chi connectivity index (χ1v) is 6.12. The average molecular weight is 277 g/mol. The van der Waals surface area contributed by atoms with Crippen molar-refractivity contribution in [2.75, 3.05) is 7.11 Å². The van der Waals surface area contributed by atoms with Crippen molar-refractivity contribution in [3.8, 4) is 0 Å². The van der Waals surface area contributed by atoms with Crippen LogP contribution in [0.25, 0.3) is 0 Å². The molecule has 1 atom stereocenters. The number of hydrogen-bond acceptors (Lipinski definition) is 3. The van der Waals surface area contributed by atoms with E-state index in [0.717, 1.165) is 5.56 Å². The van der Waals surface area contributed by atoms with Crippen LogP contribution in [-0.2, 0) is 11.2 Å². The average Bonchev–Trinajstić information content (AvgIpc) is 2.28. The Balaban J connectivity index is 2.96. The molecule has 5 heteroatoms. The van der Waals surface area contributed by atoms with Gasteiger partial charge in [-0.15, -0.1) is 0 Å². The number of ether oxygens (including phenoxy) is 1. The number of methoxy groups -OCH3 is 1. The molecule has 96 valence electrons. The van der Waals surface area contributed by atoms with Crippen LogP contribution in [0.3, 0.4) is 0 Å². The van der Waals surface area contributed by atoms with Crippen LogP contribution in [0.15, 0.2) is 18.2 Å². The summed E-state index contributed by atoms with van der Waals surface area (Å²) >= 11 is 12.3. The molecule has 0 radical (unpaired) electrons. The van der Waals surface area contributed by atoms with Crippen LogP contribution in [0.5, 0.6) is 0 Å². The lowest BCUT2D eigenvalue weighted by atomic mass is 9.92. The molecule has 1 aromatic carbocycles. The van der Waals surface area contributed by atoms with E-state index in [1.54, 1.807) is 7.11 Å². The first-order chi connectivity index (χ1) is 7.92. The van der Waals surface area contributed by atoms with Crippen LogP contribution in [0, 0.1) is 0 Å². The van der Waals surface area contributed by atoms with Gasteiger partial charge in [0.15, 0.2) is 0 Å². The lowest BCUT2D eigenvalue weighted by molar-refractivity contribution is -0.0100. The fourth-order valence-corrected chi connectivity index (χ4v) is 2.13. The van der Waals surface area contributed by atoms with Crippen LogP contribution < -0.4 is 11.3 Å². The van der Waals surface area contributed by atoms with E-state index in [-0.39, 0.29) is 6.04 Å². The molecule has 0 aliphatic carbocycles. The third-order valence-electron chi connectivity index (χ3n) is 3.04. The van der Waals surface area contributed by atoms with Crippen molar-refractivity contribution in [3.05, 3.63) is 33.8 Å². The molecule has 0 fully saturated rings. The van der Waals surface area contributed by atoms with Gasteiger partial charge in [0.1, 0.15) is 0 Å². The Kier molecular flexibility index (Phi) is 5.22. The van der Waals surface area contributed by atoms with Crippen molar-refractivity contribution in [2.45, 2.75) is 31.9 Å². The summed E-state index contributed by atoms with van der Waals surface area (Å²) in [6, 6.07) is 5.37. The van der Waals surface area contributed by atoms with Crippen molar-refractivity contribution in [1.82, 2.24) is 5.43 Å². The molecule has 3 N–H and O–H groups in total. The summed E-state index contributed by atoms with van der Waals surface area (Å²) in [5.74, 6) is 5.57. The molecule has 1 rings (SSSR count). The minimum absolute atomic E-state index is 0.0788. The second-order valence-electron chi connectivity index (χ2n) is 4.43.